The van der Waals surface area contributed by atoms with Gasteiger partial charge in [-0.25, -0.2) is 4.79 Å². The second-order valence-corrected chi connectivity index (χ2v) is 7.84. The zero-order valence-electron chi connectivity index (χ0n) is 18.1. The summed E-state index contributed by atoms with van der Waals surface area (Å²) in [5.41, 5.74) is 17.3. The summed E-state index contributed by atoms with van der Waals surface area (Å²) < 4.78 is 0. The number of rotatable bonds is 13. The Labute approximate surface area is 182 Å². The molecular weight excluding hydrogens is 400 g/mol. The van der Waals surface area contributed by atoms with E-state index in [1.54, 1.807) is 0 Å². The van der Waals surface area contributed by atoms with E-state index >= 15 is 0 Å². The number of hydrogen-bond acceptors (Lipinski definition) is 5. The van der Waals surface area contributed by atoms with Gasteiger partial charge in [-0.2, -0.15) is 0 Å². The number of benzene rings is 1. The number of carbonyl (C=O) groups is 3. The van der Waals surface area contributed by atoms with E-state index in [0.29, 0.717) is 19.4 Å². The van der Waals surface area contributed by atoms with Crippen LogP contribution in [0.15, 0.2) is 35.3 Å². The zero-order valence-corrected chi connectivity index (χ0v) is 18.1. The number of aliphatic carboxylic acids is 1. The van der Waals surface area contributed by atoms with Crippen LogP contribution in [0.25, 0.3) is 0 Å². The summed E-state index contributed by atoms with van der Waals surface area (Å²) in [6, 6.07) is 6.26. The first kappa shape index (κ1) is 25.9. The molecule has 10 heteroatoms. The number of aliphatic imine (C=N–C) groups is 1. The molecule has 10 nitrogen and oxygen atoms in total. The lowest BCUT2D eigenvalue weighted by Crippen LogP contribution is -2.55. The summed E-state index contributed by atoms with van der Waals surface area (Å²) in [5, 5.41) is 14.6. The highest BCUT2D eigenvalue weighted by Gasteiger charge is 2.28. The highest BCUT2D eigenvalue weighted by molar-refractivity contribution is 5.92. The third-order valence-corrected chi connectivity index (χ3v) is 4.54. The minimum Gasteiger partial charge on any atom is -0.480 e. The van der Waals surface area contributed by atoms with E-state index in [2.05, 4.69) is 15.6 Å². The number of guanidine groups is 1. The van der Waals surface area contributed by atoms with Gasteiger partial charge in [0.15, 0.2) is 5.96 Å². The summed E-state index contributed by atoms with van der Waals surface area (Å²) in [5.74, 6) is -2.16. The van der Waals surface area contributed by atoms with Crippen molar-refractivity contribution >= 4 is 23.7 Å². The number of amides is 2. The first-order valence-corrected chi connectivity index (χ1v) is 10.3. The van der Waals surface area contributed by atoms with Crippen LogP contribution in [0.1, 0.15) is 38.7 Å². The predicted molar refractivity (Wildman–Crippen MR) is 119 cm³/mol. The molecule has 9 N–H and O–H groups in total. The fraction of sp³-hybridized carbons (Fsp3) is 0.524. The van der Waals surface area contributed by atoms with Crippen molar-refractivity contribution in [1.82, 2.24) is 10.6 Å². The Balaban J connectivity index is 2.85. The van der Waals surface area contributed by atoms with Gasteiger partial charge >= 0.3 is 5.97 Å². The molecule has 0 unspecified atom stereocenters. The maximum Gasteiger partial charge on any atom is 0.326 e. The predicted octanol–water partition coefficient (Wildman–Crippen LogP) is -0.290. The van der Waals surface area contributed by atoms with Crippen molar-refractivity contribution in [3.8, 4) is 0 Å². The maximum absolute atomic E-state index is 12.9. The summed E-state index contributed by atoms with van der Waals surface area (Å²) in [4.78, 5) is 40.8. The lowest BCUT2D eigenvalue weighted by molar-refractivity contribution is -0.142. The molecule has 0 heterocycles. The monoisotopic (exact) mass is 434 g/mol. The maximum atomic E-state index is 12.9. The average molecular weight is 435 g/mol. The highest BCUT2D eigenvalue weighted by atomic mass is 16.4. The van der Waals surface area contributed by atoms with Crippen molar-refractivity contribution in [1.29, 1.82) is 0 Å². The van der Waals surface area contributed by atoms with Crippen molar-refractivity contribution in [3.05, 3.63) is 35.9 Å². The van der Waals surface area contributed by atoms with Gasteiger partial charge in [-0.15, -0.1) is 0 Å². The smallest absolute Gasteiger partial charge is 0.326 e. The van der Waals surface area contributed by atoms with Crippen molar-refractivity contribution in [2.45, 2.75) is 57.7 Å². The van der Waals surface area contributed by atoms with Crippen molar-refractivity contribution in [2.75, 3.05) is 6.54 Å². The number of carbonyl (C=O) groups excluding carboxylic acids is 2. The van der Waals surface area contributed by atoms with Crippen LogP contribution in [0.4, 0.5) is 0 Å². The van der Waals surface area contributed by atoms with Gasteiger partial charge in [0.05, 0.1) is 6.04 Å². The van der Waals surface area contributed by atoms with Crippen LogP contribution in [-0.4, -0.2) is 53.5 Å². The van der Waals surface area contributed by atoms with E-state index in [1.165, 1.54) is 0 Å². The van der Waals surface area contributed by atoms with Crippen molar-refractivity contribution in [2.24, 2.45) is 28.1 Å². The molecule has 2 amide bonds. The second kappa shape index (κ2) is 13.2. The molecule has 0 saturated carbocycles. The largest absolute Gasteiger partial charge is 0.480 e. The van der Waals surface area contributed by atoms with Crippen LogP contribution in [0.2, 0.25) is 0 Å². The Kier molecular flexibility index (Phi) is 11.0. The summed E-state index contributed by atoms with van der Waals surface area (Å²) >= 11 is 0. The van der Waals surface area contributed by atoms with Crippen molar-refractivity contribution < 1.29 is 19.5 Å². The molecule has 0 saturated heterocycles. The number of nitrogens with one attached hydrogen (secondary N) is 2. The van der Waals surface area contributed by atoms with E-state index in [-0.39, 0.29) is 24.7 Å². The fourth-order valence-electron chi connectivity index (χ4n) is 2.95. The SMILES string of the molecule is CC(C)C[C@H](NC(=O)[C@H](Cc1ccccc1)NC(=O)[C@@H](N)CCCN=C(N)N)C(=O)O. The molecule has 1 aromatic rings. The van der Waals surface area contributed by atoms with Gasteiger partial charge in [0.1, 0.15) is 12.1 Å². The van der Waals surface area contributed by atoms with Gasteiger partial charge in [0, 0.05) is 13.0 Å². The average Bonchev–Trinajstić information content (AvgIpc) is 2.70. The van der Waals surface area contributed by atoms with Crippen LogP contribution in [0.3, 0.4) is 0 Å². The molecule has 3 atom stereocenters. The van der Waals surface area contributed by atoms with Gasteiger partial charge in [-0.05, 0) is 30.7 Å². The number of carboxylic acid groups (broad SMARTS) is 1. The van der Waals surface area contributed by atoms with E-state index in [0.717, 1.165) is 5.56 Å². The first-order valence-electron chi connectivity index (χ1n) is 10.3. The topological polar surface area (TPSA) is 186 Å². The molecular formula is C21H34N6O4. The lowest BCUT2D eigenvalue weighted by atomic mass is 10.0. The normalized spacial score (nSPS) is 13.7. The van der Waals surface area contributed by atoms with E-state index in [9.17, 15) is 19.5 Å². The van der Waals surface area contributed by atoms with Gasteiger partial charge in [0.2, 0.25) is 11.8 Å². The van der Waals surface area contributed by atoms with Crippen LogP contribution in [0, 0.1) is 5.92 Å². The highest BCUT2D eigenvalue weighted by Crippen LogP contribution is 2.08. The molecule has 0 aliphatic heterocycles. The molecule has 0 aliphatic carbocycles. The Morgan fingerprint density at radius 1 is 1.03 bits per heavy atom. The summed E-state index contributed by atoms with van der Waals surface area (Å²) in [7, 11) is 0. The molecule has 0 spiro atoms. The third kappa shape index (κ3) is 10.4. The fourth-order valence-corrected chi connectivity index (χ4v) is 2.95. The van der Waals surface area contributed by atoms with Crippen LogP contribution in [-0.2, 0) is 20.8 Å². The van der Waals surface area contributed by atoms with E-state index < -0.39 is 35.9 Å². The van der Waals surface area contributed by atoms with Gasteiger partial charge in [-0.1, -0.05) is 44.2 Å². The molecule has 0 fully saturated rings. The number of nitrogens with two attached hydrogens (primary N) is 3. The van der Waals surface area contributed by atoms with E-state index in [1.807, 2.05) is 44.2 Å². The minimum atomic E-state index is -1.12. The molecule has 31 heavy (non-hydrogen) atoms. The quantitative estimate of drug-likeness (QED) is 0.140. The Bertz CT molecular complexity index is 749. The number of hydrogen-bond donors (Lipinski definition) is 6. The molecule has 0 bridgehead atoms. The van der Waals surface area contributed by atoms with Gasteiger partial charge in [0.25, 0.3) is 0 Å². The van der Waals surface area contributed by atoms with E-state index in [4.69, 9.17) is 17.2 Å². The lowest BCUT2D eigenvalue weighted by Gasteiger charge is -2.23. The first-order chi connectivity index (χ1) is 14.6. The van der Waals surface area contributed by atoms with Crippen LogP contribution < -0.4 is 27.8 Å². The molecule has 0 aromatic heterocycles. The van der Waals surface area contributed by atoms with Crippen LogP contribution >= 0.6 is 0 Å². The number of carboxylic acids is 1. The molecule has 1 aromatic carbocycles. The zero-order chi connectivity index (χ0) is 23.4. The standard InChI is InChI=1S/C21H34N6O4/c1-13(2)11-17(20(30)31)27-19(29)16(12-14-7-4-3-5-8-14)26-18(28)15(22)9-6-10-25-21(23)24/h3-5,7-8,13,15-17H,6,9-12,22H2,1-2H3,(H,26,28)(H,27,29)(H,30,31)(H4,23,24,25)/t15-,16-,17-/m0/s1. The Morgan fingerprint density at radius 3 is 2.19 bits per heavy atom. The minimum absolute atomic E-state index is 0.0352. The molecule has 172 valence electrons. The van der Waals surface area contributed by atoms with Crippen LogP contribution in [0.5, 0.6) is 0 Å². The molecule has 1 rings (SSSR count). The molecule has 0 radical (unpaired) electrons. The number of nitrogens with zero attached hydrogens (tertiary/aromatic N) is 1. The van der Waals surface area contributed by atoms with Gasteiger partial charge in [-0.3, -0.25) is 14.6 Å². The summed E-state index contributed by atoms with van der Waals surface area (Å²) in [6.45, 7) is 4.08. The molecule has 0 aliphatic rings. The van der Waals surface area contributed by atoms with Gasteiger partial charge < -0.3 is 32.9 Å². The second-order valence-electron chi connectivity index (χ2n) is 7.84. The Morgan fingerprint density at radius 2 is 1.65 bits per heavy atom. The third-order valence-electron chi connectivity index (χ3n) is 4.54. The Hall–Kier alpha value is -3.14. The summed E-state index contributed by atoms with van der Waals surface area (Å²) in [6.07, 6.45) is 1.30. The van der Waals surface area contributed by atoms with Crippen molar-refractivity contribution in [3.63, 3.8) is 0 Å².